The number of carbonyl (C=O) groups is 2. The maximum atomic E-state index is 12.4. The monoisotopic (exact) mass is 382 g/mol. The first-order chi connectivity index (χ1) is 13.1. The van der Waals surface area contributed by atoms with Crippen molar-refractivity contribution in [3.05, 3.63) is 102 Å². The first-order valence-corrected chi connectivity index (χ1v) is 8.70. The van der Waals surface area contributed by atoms with Crippen molar-refractivity contribution in [1.82, 2.24) is 0 Å². The van der Waals surface area contributed by atoms with Crippen molar-refractivity contribution in [2.45, 2.75) is 18.9 Å². The second kappa shape index (κ2) is 10.8. The molecule has 1 atom stereocenters. The molecule has 0 spiro atoms. The smallest absolute Gasteiger partial charge is 0.546 e. The second-order valence-electron chi connectivity index (χ2n) is 6.23. The Balaban J connectivity index is 0.00000280. The van der Waals surface area contributed by atoms with Crippen molar-refractivity contribution in [2.24, 2.45) is 0 Å². The van der Waals surface area contributed by atoms with E-state index < -0.39 is 12.1 Å². The molecule has 136 valence electrons. The molecular formula is C23H19NaO4. The van der Waals surface area contributed by atoms with Gasteiger partial charge in [-0.3, -0.25) is 4.79 Å². The summed E-state index contributed by atoms with van der Waals surface area (Å²) in [4.78, 5) is 23.7. The van der Waals surface area contributed by atoms with Gasteiger partial charge in [-0.25, -0.2) is 0 Å². The SMILES string of the molecule is O=C(Cc1ccccc1)c1ccc(OC(Cc2ccccc2)C(=O)[O-])cc1.[Na+]. The molecule has 0 aliphatic heterocycles. The Labute approximate surface area is 186 Å². The van der Waals surface area contributed by atoms with E-state index in [1.54, 1.807) is 24.3 Å². The summed E-state index contributed by atoms with van der Waals surface area (Å²) < 4.78 is 5.56. The standard InChI is InChI=1S/C23H20O4.Na/c24-21(15-17-7-3-1-4-8-17)19-11-13-20(14-12-19)27-22(23(25)26)16-18-9-5-2-6-10-18;/h1-14,22H,15-16H2,(H,25,26);/q;+1/p-1. The van der Waals surface area contributed by atoms with Crippen LogP contribution in [-0.2, 0) is 17.6 Å². The number of Topliss-reactive ketones (excluding diaryl/α,β-unsaturated/α-hetero) is 1. The number of carbonyl (C=O) groups excluding carboxylic acids is 2. The zero-order chi connectivity index (χ0) is 19.1. The Bertz CT molecular complexity index is 893. The van der Waals surface area contributed by atoms with Gasteiger partial charge in [0, 0.05) is 18.4 Å². The minimum atomic E-state index is -1.27. The van der Waals surface area contributed by atoms with Crippen LogP contribution in [0.25, 0.3) is 0 Å². The predicted molar refractivity (Wildman–Crippen MR) is 100 cm³/mol. The first kappa shape index (κ1) is 21.9. The molecule has 3 rings (SSSR count). The summed E-state index contributed by atoms with van der Waals surface area (Å²) in [5.74, 6) is -0.895. The quantitative estimate of drug-likeness (QED) is 0.402. The number of ketones is 1. The predicted octanol–water partition coefficient (Wildman–Crippen LogP) is -0.144. The average molecular weight is 382 g/mol. The minimum absolute atomic E-state index is 0. The molecule has 5 heteroatoms. The zero-order valence-electron chi connectivity index (χ0n) is 15.7. The molecule has 3 aromatic carbocycles. The van der Waals surface area contributed by atoms with Crippen molar-refractivity contribution in [3.63, 3.8) is 0 Å². The van der Waals surface area contributed by atoms with E-state index in [0.717, 1.165) is 11.1 Å². The Morgan fingerprint density at radius 1 is 0.786 bits per heavy atom. The van der Waals surface area contributed by atoms with Crippen LogP contribution in [-0.4, -0.2) is 17.9 Å². The maximum Gasteiger partial charge on any atom is 1.00 e. The molecule has 0 aliphatic carbocycles. The van der Waals surface area contributed by atoms with Crippen LogP contribution < -0.4 is 39.4 Å². The van der Waals surface area contributed by atoms with E-state index in [4.69, 9.17) is 4.74 Å². The minimum Gasteiger partial charge on any atom is -0.546 e. The molecule has 0 radical (unpaired) electrons. The van der Waals surface area contributed by atoms with Crippen molar-refractivity contribution >= 4 is 11.8 Å². The van der Waals surface area contributed by atoms with Crippen LogP contribution >= 0.6 is 0 Å². The molecule has 0 amide bonds. The van der Waals surface area contributed by atoms with Crippen molar-refractivity contribution in [2.75, 3.05) is 0 Å². The Morgan fingerprint density at radius 3 is 1.86 bits per heavy atom. The molecular weight excluding hydrogens is 363 g/mol. The van der Waals surface area contributed by atoms with E-state index in [1.807, 2.05) is 60.7 Å². The fraction of sp³-hybridized carbons (Fsp3) is 0.130. The van der Waals surface area contributed by atoms with Gasteiger partial charge in [0.2, 0.25) is 0 Å². The topological polar surface area (TPSA) is 66.4 Å². The maximum absolute atomic E-state index is 12.4. The Hall–Kier alpha value is -2.40. The van der Waals surface area contributed by atoms with Gasteiger partial charge in [-0.2, -0.15) is 0 Å². The largest absolute Gasteiger partial charge is 1.00 e. The number of carboxylic acid groups (broad SMARTS) is 1. The summed E-state index contributed by atoms with van der Waals surface area (Å²) in [5.41, 5.74) is 2.35. The van der Waals surface area contributed by atoms with Gasteiger partial charge >= 0.3 is 29.6 Å². The van der Waals surface area contributed by atoms with Gasteiger partial charge < -0.3 is 14.6 Å². The summed E-state index contributed by atoms with van der Waals surface area (Å²) in [6.45, 7) is 0. The van der Waals surface area contributed by atoms with Gasteiger partial charge in [0.15, 0.2) is 5.78 Å². The fourth-order valence-corrected chi connectivity index (χ4v) is 2.77. The third-order valence-corrected chi connectivity index (χ3v) is 4.19. The molecule has 0 aliphatic rings. The fourth-order valence-electron chi connectivity index (χ4n) is 2.77. The third-order valence-electron chi connectivity index (χ3n) is 4.19. The summed E-state index contributed by atoms with van der Waals surface area (Å²) in [7, 11) is 0. The van der Waals surface area contributed by atoms with Gasteiger partial charge in [-0.1, -0.05) is 60.7 Å². The Kier molecular flexibility index (Phi) is 8.45. The molecule has 0 saturated carbocycles. The van der Waals surface area contributed by atoms with Gasteiger partial charge in [-0.15, -0.1) is 0 Å². The van der Waals surface area contributed by atoms with Gasteiger partial charge in [0.1, 0.15) is 11.9 Å². The van der Waals surface area contributed by atoms with Crippen LogP contribution in [0, 0.1) is 0 Å². The number of hydrogen-bond acceptors (Lipinski definition) is 4. The number of aliphatic carboxylic acids is 1. The summed E-state index contributed by atoms with van der Waals surface area (Å²) >= 11 is 0. The van der Waals surface area contributed by atoms with E-state index >= 15 is 0 Å². The van der Waals surface area contributed by atoms with Crippen LogP contribution in [0.4, 0.5) is 0 Å². The van der Waals surface area contributed by atoms with E-state index in [0.29, 0.717) is 17.7 Å². The number of benzene rings is 3. The molecule has 0 aromatic heterocycles. The van der Waals surface area contributed by atoms with Crippen LogP contribution in [0.1, 0.15) is 21.5 Å². The normalized spacial score (nSPS) is 11.1. The van der Waals surface area contributed by atoms with Crippen LogP contribution in [0.5, 0.6) is 5.75 Å². The molecule has 0 heterocycles. The zero-order valence-corrected chi connectivity index (χ0v) is 17.7. The number of rotatable bonds is 8. The molecule has 4 nitrogen and oxygen atoms in total. The van der Waals surface area contributed by atoms with Gasteiger partial charge in [-0.05, 0) is 35.4 Å². The third kappa shape index (κ3) is 6.34. The second-order valence-corrected chi connectivity index (χ2v) is 6.23. The van der Waals surface area contributed by atoms with Crippen LogP contribution in [0.3, 0.4) is 0 Å². The van der Waals surface area contributed by atoms with Gasteiger partial charge in [0.25, 0.3) is 0 Å². The van der Waals surface area contributed by atoms with Gasteiger partial charge in [0.05, 0.1) is 5.97 Å². The summed E-state index contributed by atoms with van der Waals surface area (Å²) in [6, 6.07) is 25.3. The van der Waals surface area contributed by atoms with Crippen molar-refractivity contribution < 1.29 is 49.0 Å². The molecule has 0 bridgehead atoms. The number of carboxylic acids is 1. The number of hydrogen-bond donors (Lipinski definition) is 0. The molecule has 28 heavy (non-hydrogen) atoms. The van der Waals surface area contributed by atoms with E-state index in [1.165, 1.54) is 0 Å². The molecule has 1 unspecified atom stereocenters. The molecule has 3 aromatic rings. The molecule has 0 fully saturated rings. The van der Waals surface area contributed by atoms with Crippen LogP contribution in [0.2, 0.25) is 0 Å². The number of ether oxygens (including phenoxy) is 1. The average Bonchev–Trinajstić information content (AvgIpc) is 2.69. The van der Waals surface area contributed by atoms with E-state index in [2.05, 4.69) is 0 Å². The van der Waals surface area contributed by atoms with Crippen LogP contribution in [0.15, 0.2) is 84.9 Å². The summed E-state index contributed by atoms with van der Waals surface area (Å²) in [6.07, 6.45) is -0.576. The van der Waals surface area contributed by atoms with Crippen molar-refractivity contribution in [1.29, 1.82) is 0 Å². The van der Waals surface area contributed by atoms with E-state index in [9.17, 15) is 14.7 Å². The Morgan fingerprint density at radius 2 is 1.32 bits per heavy atom. The first-order valence-electron chi connectivity index (χ1n) is 8.70. The summed E-state index contributed by atoms with van der Waals surface area (Å²) in [5, 5.41) is 11.4. The van der Waals surface area contributed by atoms with Crippen molar-refractivity contribution in [3.8, 4) is 5.75 Å². The molecule has 0 saturated heterocycles. The molecule has 0 N–H and O–H groups in total. The van der Waals surface area contributed by atoms with E-state index in [-0.39, 0.29) is 41.8 Å².